The van der Waals surface area contributed by atoms with Crippen molar-refractivity contribution in [3.05, 3.63) is 40.6 Å². The van der Waals surface area contributed by atoms with Gasteiger partial charge in [0, 0.05) is 6.54 Å². The summed E-state index contributed by atoms with van der Waals surface area (Å²) in [6.45, 7) is 2.84. The summed E-state index contributed by atoms with van der Waals surface area (Å²) < 4.78 is 13.5. The Morgan fingerprint density at radius 1 is 1.24 bits per heavy atom. The average Bonchev–Trinajstić information content (AvgIpc) is 2.73. The third-order valence-corrected chi connectivity index (χ3v) is 4.65. The third kappa shape index (κ3) is 4.38. The molecule has 1 heterocycles. The van der Waals surface area contributed by atoms with Gasteiger partial charge in [-0.05, 0) is 30.2 Å². The van der Waals surface area contributed by atoms with E-state index in [0.29, 0.717) is 15.8 Å². The van der Waals surface area contributed by atoms with Gasteiger partial charge >= 0.3 is 0 Å². The Bertz CT molecular complexity index is 554. The minimum absolute atomic E-state index is 0.0363. The van der Waals surface area contributed by atoms with Crippen molar-refractivity contribution in [2.45, 2.75) is 32.6 Å². The number of rotatable bonds is 6. The Morgan fingerprint density at radius 3 is 2.62 bits per heavy atom. The van der Waals surface area contributed by atoms with Crippen LogP contribution in [0, 0.1) is 5.82 Å². The van der Waals surface area contributed by atoms with Gasteiger partial charge < -0.3 is 0 Å². The zero-order chi connectivity index (χ0) is 15.2. The summed E-state index contributed by atoms with van der Waals surface area (Å²) in [7, 11) is 0. The molecule has 0 spiro atoms. The van der Waals surface area contributed by atoms with E-state index in [9.17, 15) is 9.18 Å². The van der Waals surface area contributed by atoms with Crippen molar-refractivity contribution in [1.29, 1.82) is 0 Å². The molecule has 1 amide bonds. The second-order valence-corrected chi connectivity index (χ2v) is 6.62. The fourth-order valence-electron chi connectivity index (χ4n) is 2.10. The van der Waals surface area contributed by atoms with E-state index in [1.54, 1.807) is 23.1 Å². The quantitative estimate of drug-likeness (QED) is 0.433. The Hall–Kier alpha value is -1.20. The number of unbranched alkanes of at least 4 members (excludes halogenated alkanes) is 3. The molecule has 1 aromatic rings. The lowest BCUT2D eigenvalue weighted by atomic mass is 10.2. The normalized spacial score (nSPS) is 17.0. The summed E-state index contributed by atoms with van der Waals surface area (Å²) in [5, 5.41) is 0. The molecule has 0 bridgehead atoms. The number of carbonyl (C=O) groups excluding carboxylic acids is 1. The number of amides is 1. The monoisotopic (exact) mass is 323 g/mol. The maximum atomic E-state index is 12.9. The molecule has 1 aromatic carbocycles. The Kier molecular flexibility index (Phi) is 5.94. The summed E-state index contributed by atoms with van der Waals surface area (Å²) in [5.74, 6) is -0.318. The molecule has 0 saturated carbocycles. The van der Waals surface area contributed by atoms with Gasteiger partial charge in [-0.25, -0.2) is 4.39 Å². The zero-order valence-corrected chi connectivity index (χ0v) is 13.6. The molecule has 1 saturated heterocycles. The van der Waals surface area contributed by atoms with Gasteiger partial charge in [0.1, 0.15) is 10.1 Å². The van der Waals surface area contributed by atoms with Crippen LogP contribution >= 0.6 is 24.0 Å². The maximum absolute atomic E-state index is 12.9. The molecule has 2 nitrogen and oxygen atoms in total. The van der Waals surface area contributed by atoms with E-state index in [1.807, 2.05) is 0 Å². The van der Waals surface area contributed by atoms with Gasteiger partial charge in [-0.1, -0.05) is 62.3 Å². The molecule has 1 aliphatic rings. The largest absolute Gasteiger partial charge is 0.293 e. The van der Waals surface area contributed by atoms with Crippen LogP contribution in [0.1, 0.15) is 38.2 Å². The van der Waals surface area contributed by atoms with Crippen molar-refractivity contribution >= 4 is 40.3 Å². The molecule has 0 aliphatic carbocycles. The smallest absolute Gasteiger partial charge is 0.266 e. The molecule has 21 heavy (non-hydrogen) atoms. The SMILES string of the molecule is CCCCCCN1C(=O)/C(=C\c2ccc(F)cc2)SC1=S. The van der Waals surface area contributed by atoms with Crippen LogP contribution in [-0.4, -0.2) is 21.7 Å². The van der Waals surface area contributed by atoms with Crippen LogP contribution in [0.4, 0.5) is 4.39 Å². The second-order valence-electron chi connectivity index (χ2n) is 4.95. The molecule has 1 fully saturated rings. The number of benzene rings is 1. The van der Waals surface area contributed by atoms with Crippen molar-refractivity contribution in [2.24, 2.45) is 0 Å². The van der Waals surface area contributed by atoms with Crippen molar-refractivity contribution in [2.75, 3.05) is 6.54 Å². The first-order valence-corrected chi connectivity index (χ1v) is 8.35. The van der Waals surface area contributed by atoms with Crippen LogP contribution in [0.15, 0.2) is 29.2 Å². The molecule has 112 valence electrons. The molecule has 1 aliphatic heterocycles. The number of halogens is 1. The van der Waals surface area contributed by atoms with Crippen molar-refractivity contribution in [1.82, 2.24) is 4.90 Å². The number of nitrogens with zero attached hydrogens (tertiary/aromatic N) is 1. The van der Waals surface area contributed by atoms with E-state index < -0.39 is 0 Å². The number of hydrogen-bond donors (Lipinski definition) is 0. The van der Waals surface area contributed by atoms with Crippen molar-refractivity contribution in [3.63, 3.8) is 0 Å². The number of thiocarbonyl (C=S) groups is 1. The lowest BCUT2D eigenvalue weighted by Crippen LogP contribution is -2.28. The first kappa shape index (κ1) is 16.2. The van der Waals surface area contributed by atoms with Gasteiger partial charge in [0.05, 0.1) is 4.91 Å². The summed E-state index contributed by atoms with van der Waals surface area (Å²) in [5.41, 5.74) is 0.808. The number of carbonyl (C=O) groups is 1. The van der Waals surface area contributed by atoms with Crippen LogP contribution < -0.4 is 0 Å². The lowest BCUT2D eigenvalue weighted by Gasteiger charge is -2.13. The minimum atomic E-state index is -0.282. The molecule has 0 aromatic heterocycles. The van der Waals surface area contributed by atoms with Crippen molar-refractivity contribution < 1.29 is 9.18 Å². The highest BCUT2D eigenvalue weighted by Gasteiger charge is 2.31. The molecule has 0 radical (unpaired) electrons. The fraction of sp³-hybridized carbons (Fsp3) is 0.375. The highest BCUT2D eigenvalue weighted by molar-refractivity contribution is 8.26. The summed E-state index contributed by atoms with van der Waals surface area (Å²) >= 11 is 6.60. The van der Waals surface area contributed by atoms with Crippen LogP contribution in [-0.2, 0) is 4.79 Å². The molecular formula is C16H18FNOS2. The maximum Gasteiger partial charge on any atom is 0.266 e. The number of thioether (sulfide) groups is 1. The average molecular weight is 323 g/mol. The minimum Gasteiger partial charge on any atom is -0.293 e. The molecule has 2 rings (SSSR count). The molecule has 0 unspecified atom stereocenters. The Balaban J connectivity index is 2.01. The van der Waals surface area contributed by atoms with Gasteiger partial charge in [-0.3, -0.25) is 9.69 Å². The molecule has 0 atom stereocenters. The zero-order valence-electron chi connectivity index (χ0n) is 12.0. The second kappa shape index (κ2) is 7.71. The van der Waals surface area contributed by atoms with E-state index in [4.69, 9.17) is 12.2 Å². The predicted octanol–water partition coefficient (Wildman–Crippen LogP) is 4.61. The highest BCUT2D eigenvalue weighted by atomic mass is 32.2. The van der Waals surface area contributed by atoms with Crippen molar-refractivity contribution in [3.8, 4) is 0 Å². The molecule has 5 heteroatoms. The Labute approximate surface area is 134 Å². The van der Waals surface area contributed by atoms with Gasteiger partial charge in [0.15, 0.2) is 0 Å². The highest BCUT2D eigenvalue weighted by Crippen LogP contribution is 2.32. The fourth-order valence-corrected chi connectivity index (χ4v) is 3.41. The standard InChI is InChI=1S/C16H18FNOS2/c1-2-3-4-5-10-18-15(19)14(21-16(18)20)11-12-6-8-13(17)9-7-12/h6-9,11H,2-5,10H2,1H3/b14-11+. The first-order valence-electron chi connectivity index (χ1n) is 7.12. The topological polar surface area (TPSA) is 20.3 Å². The van der Waals surface area contributed by atoms with Crippen LogP contribution in [0.3, 0.4) is 0 Å². The first-order chi connectivity index (χ1) is 10.1. The summed E-state index contributed by atoms with van der Waals surface area (Å²) in [6, 6.07) is 6.08. The number of hydrogen-bond acceptors (Lipinski definition) is 3. The van der Waals surface area contributed by atoms with E-state index in [1.165, 1.54) is 36.7 Å². The summed E-state index contributed by atoms with van der Waals surface area (Å²) in [4.78, 5) is 14.6. The lowest BCUT2D eigenvalue weighted by molar-refractivity contribution is -0.122. The van der Waals surface area contributed by atoms with Gasteiger partial charge in [-0.2, -0.15) is 0 Å². The van der Waals surface area contributed by atoms with E-state index in [-0.39, 0.29) is 11.7 Å². The predicted molar refractivity (Wildman–Crippen MR) is 90.4 cm³/mol. The Morgan fingerprint density at radius 2 is 1.95 bits per heavy atom. The van der Waals surface area contributed by atoms with Crippen LogP contribution in [0.2, 0.25) is 0 Å². The van der Waals surface area contributed by atoms with Crippen LogP contribution in [0.5, 0.6) is 0 Å². The third-order valence-electron chi connectivity index (χ3n) is 3.28. The van der Waals surface area contributed by atoms with E-state index in [0.717, 1.165) is 18.4 Å². The van der Waals surface area contributed by atoms with E-state index >= 15 is 0 Å². The van der Waals surface area contributed by atoms with E-state index in [2.05, 4.69) is 6.92 Å². The van der Waals surface area contributed by atoms with Gasteiger partial charge in [0.2, 0.25) is 0 Å². The van der Waals surface area contributed by atoms with Gasteiger partial charge in [-0.15, -0.1) is 0 Å². The molecular weight excluding hydrogens is 305 g/mol. The van der Waals surface area contributed by atoms with Gasteiger partial charge in [0.25, 0.3) is 5.91 Å². The summed E-state index contributed by atoms with van der Waals surface area (Å²) in [6.07, 6.45) is 6.21. The van der Waals surface area contributed by atoms with Crippen LogP contribution in [0.25, 0.3) is 6.08 Å². The molecule has 0 N–H and O–H groups in total.